The summed E-state index contributed by atoms with van der Waals surface area (Å²) >= 11 is 0. The molecule has 2 aliphatic rings. The van der Waals surface area contributed by atoms with Crippen LogP contribution in [0.3, 0.4) is 0 Å². The highest BCUT2D eigenvalue weighted by Gasteiger charge is 2.23. The first-order chi connectivity index (χ1) is 17.1. The van der Waals surface area contributed by atoms with Crippen LogP contribution in [0, 0.1) is 6.92 Å². The molecule has 9 nitrogen and oxygen atoms in total. The predicted molar refractivity (Wildman–Crippen MR) is 136 cm³/mol. The number of ether oxygens (including phenoxy) is 1. The maximum absolute atomic E-state index is 10.4. The maximum atomic E-state index is 10.4. The number of nitrogens with zero attached hydrogens (tertiary/aromatic N) is 5. The van der Waals surface area contributed by atoms with Crippen LogP contribution >= 0.6 is 0 Å². The van der Waals surface area contributed by atoms with Gasteiger partial charge in [-0.15, -0.1) is 0 Å². The molecule has 2 fully saturated rings. The highest BCUT2D eigenvalue weighted by Crippen LogP contribution is 2.26. The molecule has 0 spiro atoms. The molecule has 5 rings (SSSR count). The second kappa shape index (κ2) is 10.9. The fourth-order valence-electron chi connectivity index (χ4n) is 5.00. The number of likely N-dealkylation sites (tertiary alicyclic amines) is 1. The summed E-state index contributed by atoms with van der Waals surface area (Å²) < 4.78 is 7.52. The van der Waals surface area contributed by atoms with Crippen molar-refractivity contribution in [2.24, 2.45) is 0 Å². The first-order valence-corrected chi connectivity index (χ1v) is 12.6. The number of nitrogens with one attached hydrogen (secondary N) is 1. The number of imidazole rings is 1. The van der Waals surface area contributed by atoms with Gasteiger partial charge in [-0.1, -0.05) is 6.07 Å². The third-order valence-corrected chi connectivity index (χ3v) is 7.15. The Bertz CT molecular complexity index is 1140. The normalized spacial score (nSPS) is 18.3. The van der Waals surface area contributed by atoms with E-state index in [1.807, 2.05) is 25.1 Å². The first-order valence-electron chi connectivity index (χ1n) is 12.6. The lowest BCUT2D eigenvalue weighted by atomic mass is 10.1. The Labute approximate surface area is 206 Å². The van der Waals surface area contributed by atoms with E-state index >= 15 is 0 Å². The van der Waals surface area contributed by atoms with Crippen molar-refractivity contribution in [1.82, 2.24) is 24.3 Å². The van der Waals surface area contributed by atoms with Gasteiger partial charge in [0.1, 0.15) is 11.4 Å². The van der Waals surface area contributed by atoms with Crippen LogP contribution in [0.2, 0.25) is 0 Å². The van der Waals surface area contributed by atoms with Crippen LogP contribution in [0.5, 0.6) is 5.75 Å². The van der Waals surface area contributed by atoms with Crippen molar-refractivity contribution >= 4 is 17.0 Å². The van der Waals surface area contributed by atoms with Crippen molar-refractivity contribution in [2.45, 2.75) is 39.0 Å². The number of aromatic nitrogens is 3. The Morgan fingerprint density at radius 1 is 1.00 bits per heavy atom. The summed E-state index contributed by atoms with van der Waals surface area (Å²) in [6.07, 6.45) is 2.12. The van der Waals surface area contributed by atoms with Crippen molar-refractivity contribution in [2.75, 3.05) is 57.8 Å². The largest absolute Gasteiger partial charge is 0.506 e. The number of aryl methyl sites for hydroxylation is 1. The number of hydrogen-bond acceptors (Lipinski definition) is 8. The molecule has 1 aromatic carbocycles. The number of rotatable bonds is 8. The van der Waals surface area contributed by atoms with Crippen LogP contribution in [0.1, 0.15) is 29.8 Å². The number of anilines is 1. The van der Waals surface area contributed by atoms with Gasteiger partial charge in [0.15, 0.2) is 0 Å². The molecule has 0 bridgehead atoms. The van der Waals surface area contributed by atoms with E-state index in [2.05, 4.69) is 24.7 Å². The molecule has 35 heavy (non-hydrogen) atoms. The number of pyridine rings is 1. The summed E-state index contributed by atoms with van der Waals surface area (Å²) in [6, 6.07) is 9.64. The number of benzene rings is 1. The minimum absolute atomic E-state index is 0.0270. The van der Waals surface area contributed by atoms with Crippen LogP contribution in [-0.4, -0.2) is 93.1 Å². The zero-order chi connectivity index (χ0) is 24.2. The highest BCUT2D eigenvalue weighted by atomic mass is 16.5. The lowest BCUT2D eigenvalue weighted by Gasteiger charge is -2.34. The minimum Gasteiger partial charge on any atom is -0.506 e. The summed E-state index contributed by atoms with van der Waals surface area (Å²) in [6.45, 7) is 10.4. The van der Waals surface area contributed by atoms with Gasteiger partial charge in [0.25, 0.3) is 0 Å². The van der Waals surface area contributed by atoms with E-state index in [-0.39, 0.29) is 12.4 Å². The van der Waals surface area contributed by atoms with Crippen molar-refractivity contribution in [3.8, 4) is 5.75 Å². The number of hydrogen-bond donors (Lipinski definition) is 3. The van der Waals surface area contributed by atoms with Gasteiger partial charge in [0.05, 0.1) is 37.4 Å². The molecule has 2 saturated heterocycles. The number of aliphatic hydroxyl groups excluding tert-OH is 1. The molecule has 2 aliphatic heterocycles. The van der Waals surface area contributed by atoms with E-state index < -0.39 is 0 Å². The molecule has 0 unspecified atom stereocenters. The van der Waals surface area contributed by atoms with Gasteiger partial charge in [0, 0.05) is 51.0 Å². The highest BCUT2D eigenvalue weighted by molar-refractivity contribution is 5.79. The summed E-state index contributed by atoms with van der Waals surface area (Å²) in [5, 5.41) is 23.8. The fourth-order valence-corrected chi connectivity index (χ4v) is 5.00. The Balaban J connectivity index is 1.29. The number of piperidine rings is 1. The number of aromatic hydroxyl groups is 1. The van der Waals surface area contributed by atoms with E-state index in [4.69, 9.17) is 9.72 Å². The van der Waals surface area contributed by atoms with Crippen molar-refractivity contribution in [1.29, 1.82) is 0 Å². The standard InChI is InChI=1S/C26H36N6O3/c1-19-2-5-25(34)23(27-19)17-32-24-16-20(18-33)3-4-22(24)29-26(32)28-21-6-8-30(9-7-21)10-11-31-12-14-35-15-13-31/h2-5,16,21,33-34H,6-15,17-18H2,1H3,(H,28,29). The summed E-state index contributed by atoms with van der Waals surface area (Å²) in [5.41, 5.74) is 4.08. The number of morpholine rings is 1. The van der Waals surface area contributed by atoms with Gasteiger partial charge < -0.3 is 29.7 Å². The summed E-state index contributed by atoms with van der Waals surface area (Å²) in [7, 11) is 0. The van der Waals surface area contributed by atoms with Crippen LogP contribution in [-0.2, 0) is 17.9 Å². The molecule has 4 heterocycles. The van der Waals surface area contributed by atoms with E-state index in [1.165, 1.54) is 0 Å². The van der Waals surface area contributed by atoms with Gasteiger partial charge >= 0.3 is 0 Å². The monoisotopic (exact) mass is 480 g/mol. The fraction of sp³-hybridized carbons (Fsp3) is 0.538. The van der Waals surface area contributed by atoms with E-state index in [1.54, 1.807) is 12.1 Å². The Kier molecular flexibility index (Phi) is 7.48. The lowest BCUT2D eigenvalue weighted by molar-refractivity contribution is 0.0322. The Morgan fingerprint density at radius 3 is 2.49 bits per heavy atom. The molecule has 0 radical (unpaired) electrons. The molecule has 0 aliphatic carbocycles. The van der Waals surface area contributed by atoms with E-state index in [9.17, 15) is 10.2 Å². The maximum Gasteiger partial charge on any atom is 0.204 e. The summed E-state index contributed by atoms with van der Waals surface area (Å²) in [4.78, 5) is 14.5. The molecular weight excluding hydrogens is 444 g/mol. The smallest absolute Gasteiger partial charge is 0.204 e. The first kappa shape index (κ1) is 24.0. The molecule has 9 heteroatoms. The lowest BCUT2D eigenvalue weighted by Crippen LogP contribution is -2.45. The van der Waals surface area contributed by atoms with Crippen LogP contribution < -0.4 is 5.32 Å². The zero-order valence-electron chi connectivity index (χ0n) is 20.5. The molecular formula is C26H36N6O3. The van der Waals surface area contributed by atoms with Crippen molar-refractivity contribution in [3.63, 3.8) is 0 Å². The minimum atomic E-state index is -0.0270. The predicted octanol–water partition coefficient (Wildman–Crippen LogP) is 2.19. The number of aliphatic hydroxyl groups is 1. The SMILES string of the molecule is Cc1ccc(O)c(Cn2c(NC3CCN(CCN4CCOCC4)CC3)nc3ccc(CO)cc32)n1. The zero-order valence-corrected chi connectivity index (χ0v) is 20.5. The van der Waals surface area contributed by atoms with E-state index in [0.717, 1.165) is 93.6 Å². The van der Waals surface area contributed by atoms with Crippen LogP contribution in [0.15, 0.2) is 30.3 Å². The molecule has 3 N–H and O–H groups in total. The number of fused-ring (bicyclic) bond motifs is 1. The summed E-state index contributed by atoms with van der Waals surface area (Å²) in [5.74, 6) is 0.958. The molecule has 0 atom stereocenters. The Hall–Kier alpha value is -2.72. The van der Waals surface area contributed by atoms with Crippen LogP contribution in [0.25, 0.3) is 11.0 Å². The van der Waals surface area contributed by atoms with E-state index in [0.29, 0.717) is 18.3 Å². The second-order valence-electron chi connectivity index (χ2n) is 9.64. The topological polar surface area (TPSA) is 98.9 Å². The van der Waals surface area contributed by atoms with Gasteiger partial charge in [-0.3, -0.25) is 9.88 Å². The molecule has 0 saturated carbocycles. The third kappa shape index (κ3) is 5.75. The van der Waals surface area contributed by atoms with Gasteiger partial charge in [-0.05, 0) is 49.6 Å². The van der Waals surface area contributed by atoms with Gasteiger partial charge in [-0.2, -0.15) is 0 Å². The average Bonchev–Trinajstić information content (AvgIpc) is 3.22. The van der Waals surface area contributed by atoms with Crippen molar-refractivity contribution in [3.05, 3.63) is 47.3 Å². The second-order valence-corrected chi connectivity index (χ2v) is 9.64. The average molecular weight is 481 g/mol. The molecule has 3 aromatic rings. The quantitative estimate of drug-likeness (QED) is 0.451. The molecule has 0 amide bonds. The molecule has 188 valence electrons. The van der Waals surface area contributed by atoms with Gasteiger partial charge in [-0.25, -0.2) is 4.98 Å². The van der Waals surface area contributed by atoms with Gasteiger partial charge in [0.2, 0.25) is 5.95 Å². The third-order valence-electron chi connectivity index (χ3n) is 7.15. The van der Waals surface area contributed by atoms with Crippen molar-refractivity contribution < 1.29 is 14.9 Å². The molecule has 2 aromatic heterocycles. The van der Waals surface area contributed by atoms with Crippen LogP contribution in [0.4, 0.5) is 5.95 Å². The Morgan fingerprint density at radius 2 is 1.74 bits per heavy atom.